The Hall–Kier alpha value is -3.00. The molecule has 0 N–H and O–H groups in total. The molecule has 3 aliphatic rings. The predicted molar refractivity (Wildman–Crippen MR) is 192 cm³/mol. The SMILES string of the molecule is CC(C)c1nccc([C@@H]2CN(CC(C)(CN3CCO[C@H](c4ccnc(C(C)C)n4)C3)CN3CCO[C@H](c4ccnc(C(C)C)n4)C3)CCO2)n1. The summed E-state index contributed by atoms with van der Waals surface area (Å²) in [6.07, 6.45) is 5.39. The van der Waals surface area contributed by atoms with Crippen molar-refractivity contribution < 1.29 is 14.2 Å². The first-order chi connectivity index (χ1) is 24.0. The summed E-state index contributed by atoms with van der Waals surface area (Å²) < 4.78 is 18.9. The Bertz CT molecular complexity index is 1360. The fourth-order valence-electron chi connectivity index (χ4n) is 7.38. The standard InChI is InChI=1S/C38H57N9O3/c1-26(2)35-39-11-8-29(42-35)32-20-45(14-17-48-32)23-38(7,24-46-15-18-49-33(21-46)30-9-12-40-36(43-30)27(3)4)25-47-16-19-50-34(22-47)31-10-13-41-37(44-31)28(5)6/h8-13,26-28,32-34H,14-25H2,1-7H3/t32-,33-,34-/m0/s1. The Morgan fingerprint density at radius 3 is 1.14 bits per heavy atom. The van der Waals surface area contributed by atoms with Crippen LogP contribution in [0.4, 0.5) is 0 Å². The van der Waals surface area contributed by atoms with E-state index in [0.29, 0.717) is 19.8 Å². The highest BCUT2D eigenvalue weighted by molar-refractivity contribution is 5.12. The van der Waals surface area contributed by atoms with Crippen molar-refractivity contribution >= 4 is 0 Å². The van der Waals surface area contributed by atoms with Gasteiger partial charge in [0.05, 0.1) is 36.9 Å². The molecule has 0 saturated carbocycles. The number of aromatic nitrogens is 6. The molecule has 6 heterocycles. The number of rotatable bonds is 12. The Labute approximate surface area is 298 Å². The fraction of sp³-hybridized carbons (Fsp3) is 0.684. The molecule has 0 amide bonds. The van der Waals surface area contributed by atoms with Gasteiger partial charge in [-0.05, 0) is 18.2 Å². The molecule has 0 aliphatic carbocycles. The number of hydrogen-bond acceptors (Lipinski definition) is 12. The van der Waals surface area contributed by atoms with E-state index in [4.69, 9.17) is 29.2 Å². The summed E-state index contributed by atoms with van der Waals surface area (Å²) in [6, 6.07) is 6.03. The molecule has 0 spiro atoms. The van der Waals surface area contributed by atoms with E-state index in [1.807, 2.05) is 36.8 Å². The molecule has 3 fully saturated rings. The van der Waals surface area contributed by atoms with Crippen LogP contribution in [0.1, 0.15) is 119 Å². The normalized spacial score (nSPS) is 23.3. The second kappa shape index (κ2) is 16.6. The summed E-state index contributed by atoms with van der Waals surface area (Å²) in [5, 5.41) is 0. The largest absolute Gasteiger partial charge is 0.369 e. The van der Waals surface area contributed by atoms with Gasteiger partial charge in [0.15, 0.2) is 0 Å². The smallest absolute Gasteiger partial charge is 0.131 e. The van der Waals surface area contributed by atoms with Crippen LogP contribution in [0.2, 0.25) is 0 Å². The number of nitrogens with zero attached hydrogens (tertiary/aromatic N) is 9. The van der Waals surface area contributed by atoms with Gasteiger partial charge in [0.2, 0.25) is 0 Å². The van der Waals surface area contributed by atoms with Crippen LogP contribution in [0.25, 0.3) is 0 Å². The minimum atomic E-state index is -0.0742. The number of hydrogen-bond donors (Lipinski definition) is 0. The molecule has 0 bridgehead atoms. The molecule has 50 heavy (non-hydrogen) atoms. The van der Waals surface area contributed by atoms with Crippen molar-refractivity contribution in [2.24, 2.45) is 5.41 Å². The second-order valence-electron chi connectivity index (χ2n) is 15.6. The summed E-state index contributed by atoms with van der Waals surface area (Å²) in [4.78, 5) is 35.9. The highest BCUT2D eigenvalue weighted by Gasteiger charge is 2.38. The lowest BCUT2D eigenvalue weighted by Gasteiger charge is -2.46. The molecular formula is C38H57N9O3. The van der Waals surface area contributed by atoms with Gasteiger partial charge in [-0.1, -0.05) is 48.5 Å². The van der Waals surface area contributed by atoms with Crippen LogP contribution in [-0.2, 0) is 14.2 Å². The molecule has 3 saturated heterocycles. The Morgan fingerprint density at radius 1 is 0.560 bits per heavy atom. The van der Waals surface area contributed by atoms with Gasteiger partial charge in [-0.2, -0.15) is 0 Å². The summed E-state index contributed by atoms with van der Waals surface area (Å²) in [6.45, 7) is 25.2. The highest BCUT2D eigenvalue weighted by atomic mass is 16.5. The van der Waals surface area contributed by atoms with Crippen molar-refractivity contribution in [1.82, 2.24) is 44.6 Å². The van der Waals surface area contributed by atoms with Crippen LogP contribution in [0.3, 0.4) is 0 Å². The van der Waals surface area contributed by atoms with Crippen LogP contribution in [-0.4, -0.2) is 123 Å². The van der Waals surface area contributed by atoms with Crippen LogP contribution in [0.15, 0.2) is 36.8 Å². The summed E-state index contributed by atoms with van der Waals surface area (Å²) in [5.41, 5.74) is 2.86. The van der Waals surface area contributed by atoms with Gasteiger partial charge in [0, 0.05) is 101 Å². The molecule has 12 nitrogen and oxygen atoms in total. The quantitative estimate of drug-likeness (QED) is 0.257. The molecule has 6 rings (SSSR count). The van der Waals surface area contributed by atoms with Gasteiger partial charge in [-0.15, -0.1) is 0 Å². The van der Waals surface area contributed by atoms with Crippen LogP contribution < -0.4 is 0 Å². The number of morpholine rings is 3. The Balaban J connectivity index is 1.20. The van der Waals surface area contributed by atoms with Crippen LogP contribution in [0.5, 0.6) is 0 Å². The Kier molecular flexibility index (Phi) is 12.2. The van der Waals surface area contributed by atoms with Crippen LogP contribution >= 0.6 is 0 Å². The zero-order valence-electron chi connectivity index (χ0n) is 31.2. The van der Waals surface area contributed by atoms with E-state index in [1.165, 1.54) is 0 Å². The van der Waals surface area contributed by atoms with E-state index in [0.717, 1.165) is 93.5 Å². The maximum atomic E-state index is 6.31. The first-order valence-corrected chi connectivity index (χ1v) is 18.6. The molecule has 0 unspecified atom stereocenters. The third-order valence-electron chi connectivity index (χ3n) is 9.89. The maximum Gasteiger partial charge on any atom is 0.131 e. The zero-order chi connectivity index (χ0) is 35.3. The van der Waals surface area contributed by atoms with Crippen molar-refractivity contribution in [2.75, 3.05) is 78.7 Å². The van der Waals surface area contributed by atoms with Gasteiger partial charge < -0.3 is 14.2 Å². The monoisotopic (exact) mass is 687 g/mol. The van der Waals surface area contributed by atoms with E-state index < -0.39 is 0 Å². The topological polar surface area (TPSA) is 115 Å². The van der Waals surface area contributed by atoms with Crippen molar-refractivity contribution in [3.63, 3.8) is 0 Å². The van der Waals surface area contributed by atoms with E-state index in [1.54, 1.807) is 0 Å². The molecule has 0 radical (unpaired) electrons. The highest BCUT2D eigenvalue weighted by Crippen LogP contribution is 2.31. The summed E-state index contributed by atoms with van der Waals surface area (Å²) in [5.74, 6) is 3.41. The second-order valence-corrected chi connectivity index (χ2v) is 15.6. The first-order valence-electron chi connectivity index (χ1n) is 18.6. The Morgan fingerprint density at radius 2 is 0.860 bits per heavy atom. The van der Waals surface area contributed by atoms with Gasteiger partial charge in [-0.3, -0.25) is 14.7 Å². The molecule has 0 aromatic carbocycles. The summed E-state index contributed by atoms with van der Waals surface area (Å²) in [7, 11) is 0. The van der Waals surface area contributed by atoms with Gasteiger partial charge >= 0.3 is 0 Å². The van der Waals surface area contributed by atoms with E-state index in [2.05, 4.69) is 78.1 Å². The third-order valence-corrected chi connectivity index (χ3v) is 9.89. The van der Waals surface area contributed by atoms with Crippen molar-refractivity contribution in [3.8, 4) is 0 Å². The van der Waals surface area contributed by atoms with Crippen molar-refractivity contribution in [1.29, 1.82) is 0 Å². The minimum Gasteiger partial charge on any atom is -0.369 e. The molecule has 3 atom stereocenters. The van der Waals surface area contributed by atoms with Crippen molar-refractivity contribution in [3.05, 3.63) is 71.3 Å². The van der Waals surface area contributed by atoms with E-state index in [9.17, 15) is 0 Å². The van der Waals surface area contributed by atoms with E-state index >= 15 is 0 Å². The summed E-state index contributed by atoms with van der Waals surface area (Å²) >= 11 is 0. The van der Waals surface area contributed by atoms with E-state index in [-0.39, 0.29) is 41.5 Å². The lowest BCUT2D eigenvalue weighted by Crippen LogP contribution is -2.55. The molecule has 3 aromatic heterocycles. The lowest BCUT2D eigenvalue weighted by molar-refractivity contribution is -0.0792. The first kappa shape index (κ1) is 36.8. The molecule has 12 heteroatoms. The van der Waals surface area contributed by atoms with Crippen LogP contribution in [0, 0.1) is 5.41 Å². The molecule has 272 valence electrons. The third kappa shape index (κ3) is 9.45. The fourth-order valence-corrected chi connectivity index (χ4v) is 7.38. The minimum absolute atomic E-state index is 0.0516. The molecule has 3 aromatic rings. The van der Waals surface area contributed by atoms with Gasteiger partial charge in [0.25, 0.3) is 0 Å². The molecule has 3 aliphatic heterocycles. The average Bonchev–Trinajstić information content (AvgIpc) is 3.12. The molecular weight excluding hydrogens is 630 g/mol. The number of ether oxygens (including phenoxy) is 3. The van der Waals surface area contributed by atoms with Crippen molar-refractivity contribution in [2.45, 2.75) is 84.5 Å². The maximum absolute atomic E-state index is 6.31. The van der Waals surface area contributed by atoms with Gasteiger partial charge in [0.1, 0.15) is 35.8 Å². The average molecular weight is 688 g/mol. The zero-order valence-corrected chi connectivity index (χ0v) is 31.2. The lowest BCUT2D eigenvalue weighted by atomic mass is 9.87. The van der Waals surface area contributed by atoms with Gasteiger partial charge in [-0.25, -0.2) is 29.9 Å². The predicted octanol–water partition coefficient (Wildman–Crippen LogP) is 4.95.